The van der Waals surface area contributed by atoms with E-state index in [0.29, 0.717) is 11.8 Å². The predicted octanol–water partition coefficient (Wildman–Crippen LogP) is 4.72. The highest BCUT2D eigenvalue weighted by Gasteiger charge is 2.62. The molecule has 1 aromatic carbocycles. The molecular weight excluding hydrogens is 380 g/mol. The largest absolute Gasteiger partial charge is 0.481 e. The van der Waals surface area contributed by atoms with Crippen LogP contribution in [0.2, 0.25) is 0 Å². The van der Waals surface area contributed by atoms with Gasteiger partial charge in [0.25, 0.3) is 0 Å². The molecule has 2 fully saturated rings. The lowest BCUT2D eigenvalue weighted by atomic mass is 9.75. The van der Waals surface area contributed by atoms with E-state index >= 15 is 0 Å². The Morgan fingerprint density at radius 3 is 2.47 bits per heavy atom. The standard InChI is InChI=1S/C25H36O5/c1-5-6-7-8-17-11-18(14-21(26)27)13-19(12-17)15-22(28)29-23-20(16(2)3)9-10-25(4)24(23)30-25/h11-13,16,20,23-24H,5-10,14-15H2,1-4H3,(H,26,27). The molecule has 0 amide bonds. The summed E-state index contributed by atoms with van der Waals surface area (Å²) in [5.41, 5.74) is 2.54. The molecule has 0 bridgehead atoms. The molecule has 1 aliphatic carbocycles. The molecule has 1 aliphatic heterocycles. The summed E-state index contributed by atoms with van der Waals surface area (Å²) in [5, 5.41) is 9.19. The van der Waals surface area contributed by atoms with E-state index in [9.17, 15) is 14.7 Å². The van der Waals surface area contributed by atoms with E-state index in [0.717, 1.165) is 55.2 Å². The first-order valence-corrected chi connectivity index (χ1v) is 11.4. The summed E-state index contributed by atoms with van der Waals surface area (Å²) < 4.78 is 11.9. The van der Waals surface area contributed by atoms with Crippen LogP contribution in [0, 0.1) is 11.8 Å². The molecule has 1 saturated heterocycles. The van der Waals surface area contributed by atoms with Crippen LogP contribution in [0.3, 0.4) is 0 Å². The monoisotopic (exact) mass is 416 g/mol. The van der Waals surface area contributed by atoms with Crippen LogP contribution in [0.5, 0.6) is 0 Å². The smallest absolute Gasteiger partial charge is 0.310 e. The minimum absolute atomic E-state index is 0.00514. The number of aryl methyl sites for hydroxylation is 1. The van der Waals surface area contributed by atoms with Crippen LogP contribution in [0.15, 0.2) is 18.2 Å². The first kappa shape index (κ1) is 22.8. The van der Waals surface area contributed by atoms with Gasteiger partial charge in [0.2, 0.25) is 0 Å². The second kappa shape index (κ2) is 9.51. The van der Waals surface area contributed by atoms with Gasteiger partial charge in [0.15, 0.2) is 0 Å². The van der Waals surface area contributed by atoms with Gasteiger partial charge in [-0.3, -0.25) is 9.59 Å². The molecule has 0 aromatic heterocycles. The van der Waals surface area contributed by atoms with Crippen molar-refractivity contribution in [3.05, 3.63) is 34.9 Å². The SMILES string of the molecule is CCCCCc1cc(CC(=O)O)cc(CC(=O)OC2C(C(C)C)CCC3(C)OC23)c1. The Kier molecular flexibility index (Phi) is 7.22. The molecule has 30 heavy (non-hydrogen) atoms. The van der Waals surface area contributed by atoms with Gasteiger partial charge in [-0.1, -0.05) is 51.8 Å². The Balaban J connectivity index is 1.69. The number of fused-ring (bicyclic) bond motifs is 1. The van der Waals surface area contributed by atoms with Crippen molar-refractivity contribution >= 4 is 11.9 Å². The van der Waals surface area contributed by atoms with E-state index in [1.165, 1.54) is 0 Å². The summed E-state index contributed by atoms with van der Waals surface area (Å²) in [6, 6.07) is 5.82. The molecule has 1 heterocycles. The molecule has 2 aliphatic rings. The third-order valence-corrected chi connectivity index (χ3v) is 6.64. The number of hydrogen-bond acceptors (Lipinski definition) is 4. The number of epoxide rings is 1. The molecule has 4 unspecified atom stereocenters. The van der Waals surface area contributed by atoms with Crippen LogP contribution in [0.1, 0.15) is 76.5 Å². The highest BCUT2D eigenvalue weighted by atomic mass is 16.6. The molecule has 1 aromatic rings. The lowest BCUT2D eigenvalue weighted by Crippen LogP contribution is -2.41. The minimum Gasteiger partial charge on any atom is -0.481 e. The Hall–Kier alpha value is -1.88. The van der Waals surface area contributed by atoms with Crippen molar-refractivity contribution in [2.24, 2.45) is 11.8 Å². The third kappa shape index (κ3) is 5.63. The number of unbranched alkanes of at least 4 members (excludes halogenated alkanes) is 2. The quantitative estimate of drug-likeness (QED) is 0.339. The number of carboxylic acid groups (broad SMARTS) is 1. The van der Waals surface area contributed by atoms with Gasteiger partial charge in [0.1, 0.15) is 12.2 Å². The molecule has 3 rings (SSSR count). The molecular formula is C25H36O5. The maximum atomic E-state index is 12.8. The van der Waals surface area contributed by atoms with Crippen molar-refractivity contribution < 1.29 is 24.2 Å². The van der Waals surface area contributed by atoms with E-state index in [1.54, 1.807) is 0 Å². The zero-order chi connectivity index (χ0) is 21.9. The second-order valence-electron chi connectivity index (χ2n) is 9.61. The van der Waals surface area contributed by atoms with Crippen LogP contribution < -0.4 is 0 Å². The first-order chi connectivity index (χ1) is 14.2. The highest BCUT2D eigenvalue weighted by molar-refractivity contribution is 5.74. The fourth-order valence-electron chi connectivity index (χ4n) is 4.88. The summed E-state index contributed by atoms with van der Waals surface area (Å²) in [4.78, 5) is 24.0. The van der Waals surface area contributed by atoms with Crippen molar-refractivity contribution in [3.63, 3.8) is 0 Å². The Morgan fingerprint density at radius 2 is 1.83 bits per heavy atom. The van der Waals surface area contributed by atoms with Crippen LogP contribution in [0.4, 0.5) is 0 Å². The van der Waals surface area contributed by atoms with Gasteiger partial charge < -0.3 is 14.6 Å². The van der Waals surface area contributed by atoms with E-state index < -0.39 is 5.97 Å². The molecule has 1 N–H and O–H groups in total. The van der Waals surface area contributed by atoms with Crippen molar-refractivity contribution in [2.75, 3.05) is 0 Å². The highest BCUT2D eigenvalue weighted by Crippen LogP contribution is 2.52. The van der Waals surface area contributed by atoms with Crippen LogP contribution in [0.25, 0.3) is 0 Å². The van der Waals surface area contributed by atoms with Gasteiger partial charge in [-0.25, -0.2) is 0 Å². The zero-order valence-corrected chi connectivity index (χ0v) is 18.8. The van der Waals surface area contributed by atoms with Crippen LogP contribution in [-0.4, -0.2) is 34.9 Å². The molecule has 0 spiro atoms. The normalized spacial score (nSPS) is 27.6. The van der Waals surface area contributed by atoms with Gasteiger partial charge >= 0.3 is 11.9 Å². The predicted molar refractivity (Wildman–Crippen MR) is 115 cm³/mol. The number of esters is 1. The number of rotatable bonds is 10. The van der Waals surface area contributed by atoms with Gasteiger partial charge in [-0.2, -0.15) is 0 Å². The van der Waals surface area contributed by atoms with Gasteiger partial charge in [0.05, 0.1) is 18.4 Å². The Morgan fingerprint density at radius 1 is 1.17 bits per heavy atom. The molecule has 166 valence electrons. The average molecular weight is 417 g/mol. The first-order valence-electron chi connectivity index (χ1n) is 11.4. The van der Waals surface area contributed by atoms with Crippen LogP contribution in [-0.2, 0) is 38.3 Å². The van der Waals surface area contributed by atoms with Gasteiger partial charge in [-0.05, 0) is 55.2 Å². The summed E-state index contributed by atoms with van der Waals surface area (Å²) in [5.74, 6) is -0.364. The maximum absolute atomic E-state index is 12.8. The van der Waals surface area contributed by atoms with Crippen molar-refractivity contribution in [3.8, 4) is 0 Å². The number of carbonyl (C=O) groups is 2. The van der Waals surface area contributed by atoms with Gasteiger partial charge in [0, 0.05) is 5.92 Å². The number of benzene rings is 1. The summed E-state index contributed by atoms with van der Waals surface area (Å²) in [6.45, 7) is 8.61. The zero-order valence-electron chi connectivity index (χ0n) is 18.8. The Bertz CT molecular complexity index is 771. The number of ether oxygens (including phenoxy) is 2. The lowest BCUT2D eigenvalue weighted by molar-refractivity contribution is -0.154. The number of carboxylic acids is 1. The fourth-order valence-corrected chi connectivity index (χ4v) is 4.88. The fraction of sp³-hybridized carbons (Fsp3) is 0.680. The summed E-state index contributed by atoms with van der Waals surface area (Å²) >= 11 is 0. The van der Waals surface area contributed by atoms with Crippen molar-refractivity contribution in [1.82, 2.24) is 0 Å². The number of aliphatic carboxylic acids is 1. The molecule has 5 heteroatoms. The lowest BCUT2D eigenvalue weighted by Gasteiger charge is -2.33. The van der Waals surface area contributed by atoms with E-state index in [1.807, 2.05) is 18.2 Å². The third-order valence-electron chi connectivity index (χ3n) is 6.64. The van der Waals surface area contributed by atoms with E-state index in [2.05, 4.69) is 27.7 Å². The van der Waals surface area contributed by atoms with Crippen molar-refractivity contribution in [2.45, 2.75) is 96.9 Å². The second-order valence-corrected chi connectivity index (χ2v) is 9.61. The molecule has 1 saturated carbocycles. The molecule has 5 nitrogen and oxygen atoms in total. The average Bonchev–Trinajstić information content (AvgIpc) is 3.33. The van der Waals surface area contributed by atoms with Crippen molar-refractivity contribution in [1.29, 1.82) is 0 Å². The Labute approximate surface area is 180 Å². The molecule has 0 radical (unpaired) electrons. The van der Waals surface area contributed by atoms with E-state index in [4.69, 9.17) is 9.47 Å². The number of hydrogen-bond donors (Lipinski definition) is 1. The van der Waals surface area contributed by atoms with E-state index in [-0.39, 0.29) is 36.6 Å². The summed E-state index contributed by atoms with van der Waals surface area (Å²) in [7, 11) is 0. The van der Waals surface area contributed by atoms with Crippen LogP contribution >= 0.6 is 0 Å². The maximum Gasteiger partial charge on any atom is 0.310 e. The topological polar surface area (TPSA) is 76.1 Å². The van der Waals surface area contributed by atoms with Gasteiger partial charge in [-0.15, -0.1) is 0 Å². The molecule has 4 atom stereocenters. The minimum atomic E-state index is -0.860. The number of carbonyl (C=O) groups excluding carboxylic acids is 1. The summed E-state index contributed by atoms with van der Waals surface area (Å²) in [6.07, 6.45) is 6.21.